The van der Waals surface area contributed by atoms with Crippen LogP contribution in [0.3, 0.4) is 0 Å². The molecule has 1 aliphatic heterocycles. The van der Waals surface area contributed by atoms with Crippen LogP contribution in [0.1, 0.15) is 27.5 Å². The van der Waals surface area contributed by atoms with Gasteiger partial charge in [0.2, 0.25) is 5.91 Å². The van der Waals surface area contributed by atoms with Crippen molar-refractivity contribution in [3.05, 3.63) is 105 Å². The SMILES string of the molecule is NC(=O)[C@H](c1ccc(Cl)cc1)N1CCN(c2ccc(C(=O)c3ccccc3)cc2[N+](=O)[O-])CC1. The van der Waals surface area contributed by atoms with E-state index in [-0.39, 0.29) is 17.0 Å². The van der Waals surface area contributed by atoms with Crippen LogP contribution in [0.25, 0.3) is 0 Å². The number of nitrogens with two attached hydrogens (primary N) is 1. The number of nitro benzene ring substituents is 1. The van der Waals surface area contributed by atoms with Crippen LogP contribution >= 0.6 is 11.6 Å². The predicted octanol–water partition coefficient (Wildman–Crippen LogP) is 3.83. The summed E-state index contributed by atoms with van der Waals surface area (Å²) in [5.74, 6) is -0.738. The fourth-order valence-electron chi connectivity index (χ4n) is 4.26. The van der Waals surface area contributed by atoms with Crippen LogP contribution in [-0.4, -0.2) is 47.7 Å². The van der Waals surface area contributed by atoms with Gasteiger partial charge in [0, 0.05) is 48.4 Å². The van der Waals surface area contributed by atoms with Gasteiger partial charge in [-0.25, -0.2) is 0 Å². The first-order valence-corrected chi connectivity index (χ1v) is 11.1. The molecule has 0 saturated carbocycles. The smallest absolute Gasteiger partial charge is 0.293 e. The molecule has 8 nitrogen and oxygen atoms in total. The summed E-state index contributed by atoms with van der Waals surface area (Å²) in [7, 11) is 0. The summed E-state index contributed by atoms with van der Waals surface area (Å²) in [6.45, 7) is 1.89. The lowest BCUT2D eigenvalue weighted by Gasteiger charge is -2.39. The van der Waals surface area contributed by atoms with E-state index in [1.165, 1.54) is 6.07 Å². The van der Waals surface area contributed by atoms with Crippen molar-refractivity contribution >= 4 is 34.7 Å². The number of anilines is 1. The second-order valence-corrected chi connectivity index (χ2v) is 8.47. The monoisotopic (exact) mass is 478 g/mol. The van der Waals surface area contributed by atoms with Crippen molar-refractivity contribution in [2.45, 2.75) is 6.04 Å². The van der Waals surface area contributed by atoms with Crippen molar-refractivity contribution in [2.24, 2.45) is 5.73 Å². The van der Waals surface area contributed by atoms with Crippen molar-refractivity contribution in [2.75, 3.05) is 31.1 Å². The van der Waals surface area contributed by atoms with Crippen LogP contribution in [0.2, 0.25) is 5.02 Å². The molecule has 0 spiro atoms. The highest BCUT2D eigenvalue weighted by Crippen LogP contribution is 2.32. The van der Waals surface area contributed by atoms with Gasteiger partial charge < -0.3 is 10.6 Å². The van der Waals surface area contributed by atoms with E-state index in [9.17, 15) is 19.7 Å². The van der Waals surface area contributed by atoms with Gasteiger partial charge in [0.05, 0.1) is 4.92 Å². The standard InChI is InChI=1S/C25H23ClN4O4/c26-20-9-6-17(7-10-20)23(25(27)32)29-14-12-28(13-15-29)21-11-8-19(16-22(21)30(33)34)24(31)18-4-2-1-3-5-18/h1-11,16,23H,12-15H2,(H2,27,32)/t23-/m0/s1. The average Bonchev–Trinajstić information content (AvgIpc) is 2.85. The highest BCUT2D eigenvalue weighted by Gasteiger charge is 2.31. The Bertz CT molecular complexity index is 1210. The topological polar surface area (TPSA) is 110 Å². The molecule has 1 fully saturated rings. The van der Waals surface area contributed by atoms with Gasteiger partial charge in [0.25, 0.3) is 5.69 Å². The number of piperazine rings is 1. The first-order valence-electron chi connectivity index (χ1n) is 10.8. The zero-order chi connectivity index (χ0) is 24.2. The van der Waals surface area contributed by atoms with E-state index in [2.05, 4.69) is 0 Å². The number of amides is 1. The minimum Gasteiger partial charge on any atom is -0.368 e. The number of hydrogen-bond acceptors (Lipinski definition) is 6. The highest BCUT2D eigenvalue weighted by molar-refractivity contribution is 6.30. The lowest BCUT2D eigenvalue weighted by atomic mass is 10.0. The third-order valence-corrected chi connectivity index (χ3v) is 6.20. The molecule has 1 aliphatic rings. The number of nitrogens with zero attached hydrogens (tertiary/aromatic N) is 3. The van der Waals surface area contributed by atoms with E-state index in [0.29, 0.717) is 42.5 Å². The molecule has 9 heteroatoms. The Morgan fingerprint density at radius 2 is 1.56 bits per heavy atom. The van der Waals surface area contributed by atoms with Crippen molar-refractivity contribution in [1.82, 2.24) is 4.90 Å². The van der Waals surface area contributed by atoms with Crippen molar-refractivity contribution in [3.63, 3.8) is 0 Å². The number of ketones is 1. The number of halogens is 1. The fourth-order valence-corrected chi connectivity index (χ4v) is 4.38. The number of hydrogen-bond donors (Lipinski definition) is 1. The number of benzene rings is 3. The second-order valence-electron chi connectivity index (χ2n) is 8.04. The minimum atomic E-state index is -0.611. The van der Waals surface area contributed by atoms with Gasteiger partial charge in [-0.1, -0.05) is 54.1 Å². The van der Waals surface area contributed by atoms with E-state index in [1.54, 1.807) is 66.7 Å². The Morgan fingerprint density at radius 1 is 0.912 bits per heavy atom. The Labute approximate surface area is 201 Å². The van der Waals surface area contributed by atoms with E-state index >= 15 is 0 Å². The van der Waals surface area contributed by atoms with Gasteiger partial charge in [-0.2, -0.15) is 0 Å². The van der Waals surface area contributed by atoms with Gasteiger partial charge in [0.15, 0.2) is 5.78 Å². The van der Waals surface area contributed by atoms with Gasteiger partial charge in [0.1, 0.15) is 11.7 Å². The maximum atomic E-state index is 12.8. The quantitative estimate of drug-likeness (QED) is 0.314. The zero-order valence-electron chi connectivity index (χ0n) is 18.3. The van der Waals surface area contributed by atoms with Crippen LogP contribution in [0.4, 0.5) is 11.4 Å². The summed E-state index contributed by atoms with van der Waals surface area (Å²) in [6.07, 6.45) is 0. The minimum absolute atomic E-state index is 0.126. The van der Waals surface area contributed by atoms with Gasteiger partial charge in [-0.3, -0.25) is 24.6 Å². The third-order valence-electron chi connectivity index (χ3n) is 5.95. The Kier molecular flexibility index (Phi) is 6.90. The largest absolute Gasteiger partial charge is 0.368 e. The maximum Gasteiger partial charge on any atom is 0.293 e. The summed E-state index contributed by atoms with van der Waals surface area (Å²) in [5.41, 5.74) is 7.49. The fraction of sp³-hybridized carbons (Fsp3) is 0.200. The molecule has 1 saturated heterocycles. The Hall–Kier alpha value is -3.75. The number of carbonyl (C=O) groups excluding carboxylic acids is 2. The molecule has 3 aromatic carbocycles. The summed E-state index contributed by atoms with van der Waals surface area (Å²) in [4.78, 5) is 40.2. The lowest BCUT2D eigenvalue weighted by Crippen LogP contribution is -2.50. The molecule has 174 valence electrons. The van der Waals surface area contributed by atoms with Crippen molar-refractivity contribution in [3.8, 4) is 0 Å². The zero-order valence-corrected chi connectivity index (χ0v) is 19.0. The van der Waals surface area contributed by atoms with Crippen molar-refractivity contribution in [1.29, 1.82) is 0 Å². The summed E-state index contributed by atoms with van der Waals surface area (Å²) < 4.78 is 0. The van der Waals surface area contributed by atoms with E-state index in [1.807, 2.05) is 9.80 Å². The molecule has 0 bridgehead atoms. The van der Waals surface area contributed by atoms with Crippen LogP contribution in [0.5, 0.6) is 0 Å². The molecular formula is C25H23ClN4O4. The molecule has 0 unspecified atom stereocenters. The van der Waals surface area contributed by atoms with E-state index < -0.39 is 16.9 Å². The molecule has 0 radical (unpaired) electrons. The first-order chi connectivity index (χ1) is 16.3. The van der Waals surface area contributed by atoms with E-state index in [0.717, 1.165) is 5.56 Å². The maximum absolute atomic E-state index is 12.8. The number of carbonyl (C=O) groups is 2. The molecule has 1 amide bonds. The Morgan fingerprint density at radius 3 is 2.15 bits per heavy atom. The summed E-state index contributed by atoms with van der Waals surface area (Å²) in [6, 6.07) is 19.6. The Balaban J connectivity index is 1.53. The second kappa shape index (κ2) is 10.0. The molecule has 3 aromatic rings. The number of nitro groups is 1. The third kappa shape index (κ3) is 4.93. The first kappa shape index (κ1) is 23.4. The van der Waals surface area contributed by atoms with Gasteiger partial charge in [-0.05, 0) is 29.8 Å². The molecule has 1 heterocycles. The summed E-state index contributed by atoms with van der Waals surface area (Å²) in [5, 5.41) is 12.4. The van der Waals surface area contributed by atoms with Crippen molar-refractivity contribution < 1.29 is 14.5 Å². The molecular weight excluding hydrogens is 456 g/mol. The predicted molar refractivity (Wildman–Crippen MR) is 130 cm³/mol. The molecule has 1 atom stereocenters. The van der Waals surface area contributed by atoms with Gasteiger partial charge in [-0.15, -0.1) is 0 Å². The number of rotatable bonds is 7. The number of primary amides is 1. The molecule has 0 aromatic heterocycles. The molecule has 4 rings (SSSR count). The summed E-state index contributed by atoms with van der Waals surface area (Å²) >= 11 is 5.96. The van der Waals surface area contributed by atoms with E-state index in [4.69, 9.17) is 17.3 Å². The van der Waals surface area contributed by atoms with Crippen LogP contribution in [-0.2, 0) is 4.79 Å². The van der Waals surface area contributed by atoms with Crippen LogP contribution in [0, 0.1) is 10.1 Å². The highest BCUT2D eigenvalue weighted by atomic mass is 35.5. The average molecular weight is 479 g/mol. The van der Waals surface area contributed by atoms with Gasteiger partial charge >= 0.3 is 0 Å². The molecule has 34 heavy (non-hydrogen) atoms. The van der Waals surface area contributed by atoms with Crippen LogP contribution < -0.4 is 10.6 Å². The van der Waals surface area contributed by atoms with Crippen LogP contribution in [0.15, 0.2) is 72.8 Å². The lowest BCUT2D eigenvalue weighted by molar-refractivity contribution is -0.384. The normalized spacial score (nSPS) is 15.0. The molecule has 0 aliphatic carbocycles. The molecule has 2 N–H and O–H groups in total.